The van der Waals surface area contributed by atoms with E-state index in [2.05, 4.69) is 44.2 Å². The fraction of sp³-hybridized carbons (Fsp3) is 0.381. The molecule has 3 heterocycles. The highest BCUT2D eigenvalue weighted by Gasteiger charge is 2.24. The van der Waals surface area contributed by atoms with Gasteiger partial charge in [0.2, 0.25) is 0 Å². The number of likely N-dealkylation sites (tertiary alicyclic amines) is 1. The first-order valence-electron chi connectivity index (χ1n) is 9.45. The molecule has 3 aromatic rings. The van der Waals surface area contributed by atoms with Crippen molar-refractivity contribution in [3.05, 3.63) is 72.1 Å². The quantitative estimate of drug-likeness (QED) is 0.671. The number of hydrogen-bond donors (Lipinski definition) is 0. The highest BCUT2D eigenvalue weighted by Crippen LogP contribution is 2.32. The van der Waals surface area contributed by atoms with Gasteiger partial charge in [-0.05, 0) is 48.7 Å². The average molecular weight is 363 g/mol. The Kier molecular flexibility index (Phi) is 5.44. The number of methoxy groups -OCH3 is 1. The fourth-order valence-corrected chi connectivity index (χ4v) is 3.91. The van der Waals surface area contributed by atoms with Crippen LogP contribution in [0.25, 0.3) is 0 Å². The smallest absolute Gasteiger partial charge is 0.137 e. The molecule has 6 nitrogen and oxygen atoms in total. The van der Waals surface area contributed by atoms with E-state index in [-0.39, 0.29) is 0 Å². The van der Waals surface area contributed by atoms with Gasteiger partial charge in [-0.3, -0.25) is 9.88 Å². The third kappa shape index (κ3) is 4.17. The van der Waals surface area contributed by atoms with Crippen molar-refractivity contribution in [3.8, 4) is 5.75 Å². The van der Waals surface area contributed by atoms with Crippen molar-refractivity contribution >= 4 is 0 Å². The Labute approximate surface area is 159 Å². The van der Waals surface area contributed by atoms with Gasteiger partial charge in [0, 0.05) is 30.5 Å². The Hall–Kier alpha value is -2.73. The molecule has 2 aromatic heterocycles. The van der Waals surface area contributed by atoms with Crippen LogP contribution in [0.1, 0.15) is 42.0 Å². The highest BCUT2D eigenvalue weighted by atomic mass is 16.5. The first-order chi connectivity index (χ1) is 13.3. The van der Waals surface area contributed by atoms with E-state index in [0.29, 0.717) is 12.6 Å². The third-order valence-electron chi connectivity index (χ3n) is 5.21. The van der Waals surface area contributed by atoms with Gasteiger partial charge < -0.3 is 4.74 Å². The zero-order chi connectivity index (χ0) is 18.5. The number of nitrogens with zero attached hydrogens (tertiary/aromatic N) is 5. The highest BCUT2D eigenvalue weighted by molar-refractivity contribution is 5.37. The topological polar surface area (TPSA) is 56.1 Å². The van der Waals surface area contributed by atoms with E-state index in [0.717, 1.165) is 24.4 Å². The summed E-state index contributed by atoms with van der Waals surface area (Å²) in [5.41, 5.74) is 3.73. The first-order valence-corrected chi connectivity index (χ1v) is 9.45. The molecule has 0 aliphatic carbocycles. The molecule has 0 saturated carbocycles. The van der Waals surface area contributed by atoms with Crippen LogP contribution in [0.15, 0.2) is 55.4 Å². The number of ether oxygens (including phenoxy) is 1. The minimum atomic E-state index is 0.438. The van der Waals surface area contributed by atoms with Crippen molar-refractivity contribution < 1.29 is 4.74 Å². The van der Waals surface area contributed by atoms with Crippen LogP contribution in [-0.2, 0) is 13.1 Å². The number of benzene rings is 1. The third-order valence-corrected chi connectivity index (χ3v) is 5.21. The van der Waals surface area contributed by atoms with Gasteiger partial charge in [0.15, 0.2) is 0 Å². The van der Waals surface area contributed by atoms with E-state index in [1.807, 2.05) is 23.1 Å². The lowest BCUT2D eigenvalue weighted by atomic mass is 9.95. The van der Waals surface area contributed by atoms with E-state index < -0.39 is 0 Å². The molecule has 0 unspecified atom stereocenters. The molecule has 0 radical (unpaired) electrons. The van der Waals surface area contributed by atoms with Crippen LogP contribution >= 0.6 is 0 Å². The zero-order valence-electron chi connectivity index (χ0n) is 15.7. The van der Waals surface area contributed by atoms with Gasteiger partial charge >= 0.3 is 0 Å². The minimum Gasteiger partial charge on any atom is -0.496 e. The van der Waals surface area contributed by atoms with Crippen LogP contribution in [0.4, 0.5) is 0 Å². The molecule has 1 aliphatic heterocycles. The molecule has 6 heteroatoms. The predicted octanol–water partition coefficient (Wildman–Crippen LogP) is 3.46. The second-order valence-corrected chi connectivity index (χ2v) is 7.01. The fourth-order valence-electron chi connectivity index (χ4n) is 3.91. The van der Waals surface area contributed by atoms with Crippen molar-refractivity contribution in [1.29, 1.82) is 0 Å². The van der Waals surface area contributed by atoms with Crippen molar-refractivity contribution in [1.82, 2.24) is 24.6 Å². The molecule has 0 bridgehead atoms. The van der Waals surface area contributed by atoms with Gasteiger partial charge in [0.1, 0.15) is 18.4 Å². The Bertz CT molecular complexity index is 850. The van der Waals surface area contributed by atoms with Crippen LogP contribution in [0.5, 0.6) is 5.75 Å². The summed E-state index contributed by atoms with van der Waals surface area (Å²) < 4.78 is 7.37. The van der Waals surface area contributed by atoms with Crippen LogP contribution in [-0.4, -0.2) is 38.3 Å². The molecule has 4 rings (SSSR count). The summed E-state index contributed by atoms with van der Waals surface area (Å²) in [6.45, 7) is 2.70. The summed E-state index contributed by atoms with van der Waals surface area (Å²) in [5, 5.41) is 4.22. The average Bonchev–Trinajstić information content (AvgIpc) is 3.22. The Morgan fingerprint density at radius 2 is 2.11 bits per heavy atom. The number of hydrogen-bond acceptors (Lipinski definition) is 5. The molecular formula is C21H25N5O. The van der Waals surface area contributed by atoms with E-state index >= 15 is 0 Å². The molecule has 27 heavy (non-hydrogen) atoms. The Morgan fingerprint density at radius 1 is 1.15 bits per heavy atom. The van der Waals surface area contributed by atoms with Gasteiger partial charge in [-0.25, -0.2) is 9.67 Å². The molecule has 0 spiro atoms. The summed E-state index contributed by atoms with van der Waals surface area (Å²) in [4.78, 5) is 10.9. The molecular weight excluding hydrogens is 338 g/mol. The van der Waals surface area contributed by atoms with E-state index in [4.69, 9.17) is 4.74 Å². The molecule has 1 atom stereocenters. The first kappa shape index (κ1) is 17.7. The van der Waals surface area contributed by atoms with Crippen LogP contribution in [0.2, 0.25) is 0 Å². The molecule has 1 aliphatic rings. The summed E-state index contributed by atoms with van der Waals surface area (Å²) in [7, 11) is 1.71. The number of piperidine rings is 1. The van der Waals surface area contributed by atoms with E-state index in [1.165, 1.54) is 30.4 Å². The lowest BCUT2D eigenvalue weighted by Crippen LogP contribution is -2.33. The molecule has 1 fully saturated rings. The van der Waals surface area contributed by atoms with Gasteiger partial charge in [-0.2, -0.15) is 5.10 Å². The normalized spacial score (nSPS) is 17.7. The maximum atomic E-state index is 5.55. The second-order valence-electron chi connectivity index (χ2n) is 7.01. The van der Waals surface area contributed by atoms with Crippen molar-refractivity contribution in [2.75, 3.05) is 13.7 Å². The Balaban J connectivity index is 1.55. The van der Waals surface area contributed by atoms with Crippen LogP contribution in [0.3, 0.4) is 0 Å². The summed E-state index contributed by atoms with van der Waals surface area (Å²) in [6, 6.07) is 11.1. The lowest BCUT2D eigenvalue weighted by molar-refractivity contribution is 0.140. The Morgan fingerprint density at radius 3 is 2.89 bits per heavy atom. The predicted molar refractivity (Wildman–Crippen MR) is 103 cm³/mol. The molecule has 140 valence electrons. The molecule has 0 N–H and O–H groups in total. The zero-order valence-corrected chi connectivity index (χ0v) is 15.7. The van der Waals surface area contributed by atoms with Gasteiger partial charge in [0.05, 0.1) is 13.7 Å². The van der Waals surface area contributed by atoms with Crippen LogP contribution < -0.4 is 4.74 Å². The molecule has 1 aromatic carbocycles. The maximum Gasteiger partial charge on any atom is 0.137 e. The number of rotatable bonds is 6. The van der Waals surface area contributed by atoms with Crippen molar-refractivity contribution in [2.24, 2.45) is 0 Å². The van der Waals surface area contributed by atoms with E-state index in [1.54, 1.807) is 19.8 Å². The number of aromatic nitrogens is 4. The largest absolute Gasteiger partial charge is 0.496 e. The summed E-state index contributed by atoms with van der Waals surface area (Å²) in [5.74, 6) is 0.886. The van der Waals surface area contributed by atoms with Gasteiger partial charge in [-0.15, -0.1) is 0 Å². The molecule has 1 saturated heterocycles. The van der Waals surface area contributed by atoms with Crippen molar-refractivity contribution in [2.45, 2.75) is 38.4 Å². The minimum absolute atomic E-state index is 0.438. The van der Waals surface area contributed by atoms with Gasteiger partial charge in [0.25, 0.3) is 0 Å². The lowest BCUT2D eigenvalue weighted by Gasteiger charge is -2.36. The van der Waals surface area contributed by atoms with E-state index in [9.17, 15) is 0 Å². The van der Waals surface area contributed by atoms with Crippen LogP contribution in [0, 0.1) is 0 Å². The summed E-state index contributed by atoms with van der Waals surface area (Å²) in [6.07, 6.45) is 10.9. The second kappa shape index (κ2) is 8.31. The standard InChI is InChI=1S/C21H25N5O/c1-27-21-8-7-17(11-19(21)14-26-16-23-15-24-26)13-25-10-3-2-6-20(25)18-5-4-9-22-12-18/h4-5,7-9,11-12,15-16,20H,2-3,6,10,13-14H2,1H3/t20-/m0/s1. The van der Waals surface area contributed by atoms with Gasteiger partial charge in [-0.1, -0.05) is 18.6 Å². The SMILES string of the molecule is COc1ccc(CN2CCCC[C@H]2c2cccnc2)cc1Cn1cncn1. The summed E-state index contributed by atoms with van der Waals surface area (Å²) >= 11 is 0. The maximum absolute atomic E-state index is 5.55. The monoisotopic (exact) mass is 363 g/mol. The van der Waals surface area contributed by atoms with Crippen molar-refractivity contribution in [3.63, 3.8) is 0 Å². The molecule has 0 amide bonds. The number of pyridine rings is 1.